The molecule has 0 spiro atoms. The van der Waals surface area contributed by atoms with Crippen molar-refractivity contribution in [1.82, 2.24) is 9.88 Å². The summed E-state index contributed by atoms with van der Waals surface area (Å²) in [6.45, 7) is 1.46. The van der Waals surface area contributed by atoms with Crippen molar-refractivity contribution >= 4 is 74.3 Å². The van der Waals surface area contributed by atoms with E-state index in [-0.39, 0.29) is 18.3 Å². The molecule has 0 bridgehead atoms. The number of hydrogen-bond donors (Lipinski definition) is 0. The van der Waals surface area contributed by atoms with Crippen molar-refractivity contribution in [2.75, 3.05) is 32.1 Å². The van der Waals surface area contributed by atoms with Crippen molar-refractivity contribution in [2.45, 2.75) is 6.42 Å². The van der Waals surface area contributed by atoms with E-state index in [4.69, 9.17) is 23.2 Å². The van der Waals surface area contributed by atoms with E-state index in [1.807, 2.05) is 50.5 Å². The minimum Gasteiger partial charge on any atom is -0.309 e. The van der Waals surface area contributed by atoms with Crippen LogP contribution in [0.3, 0.4) is 0 Å². The van der Waals surface area contributed by atoms with Crippen LogP contribution in [0.15, 0.2) is 48.5 Å². The summed E-state index contributed by atoms with van der Waals surface area (Å²) >= 11 is 13.7. The number of nitrogens with zero attached hydrogens (tertiary/aromatic N) is 3. The summed E-state index contributed by atoms with van der Waals surface area (Å²) in [6, 6.07) is 13.0. The van der Waals surface area contributed by atoms with Crippen molar-refractivity contribution in [2.24, 2.45) is 0 Å². The van der Waals surface area contributed by atoms with E-state index in [2.05, 4.69) is 9.88 Å². The third kappa shape index (κ3) is 6.43. The Kier molecular flexibility index (Phi) is 8.93. The molecule has 0 aliphatic carbocycles. The average Bonchev–Trinajstić information content (AvgIpc) is 3.06. The number of aromatic nitrogens is 1. The first-order valence-electron chi connectivity index (χ1n) is 8.89. The fourth-order valence-corrected chi connectivity index (χ4v) is 4.18. The van der Waals surface area contributed by atoms with Gasteiger partial charge in [0.2, 0.25) is 0 Å². The summed E-state index contributed by atoms with van der Waals surface area (Å²) in [6.07, 6.45) is 4.14. The van der Waals surface area contributed by atoms with Crippen LogP contribution in [-0.4, -0.2) is 43.0 Å². The van der Waals surface area contributed by atoms with Crippen LogP contribution in [0.5, 0.6) is 0 Å². The number of rotatable bonds is 7. The Morgan fingerprint density at radius 3 is 2.62 bits per heavy atom. The number of carbonyl (C=O) groups excluding carboxylic acids is 1. The first-order chi connectivity index (χ1) is 13.4. The second kappa shape index (κ2) is 11.0. The van der Waals surface area contributed by atoms with E-state index in [1.165, 1.54) is 11.3 Å². The van der Waals surface area contributed by atoms with E-state index >= 15 is 0 Å². The van der Waals surface area contributed by atoms with Crippen LogP contribution in [0.4, 0.5) is 5.13 Å². The highest BCUT2D eigenvalue weighted by molar-refractivity contribution is 7.22. The number of thiazole rings is 1. The topological polar surface area (TPSA) is 36.4 Å². The second-order valence-electron chi connectivity index (χ2n) is 6.61. The van der Waals surface area contributed by atoms with Gasteiger partial charge in [0.25, 0.3) is 5.91 Å². The number of anilines is 1. The van der Waals surface area contributed by atoms with Gasteiger partial charge < -0.3 is 4.90 Å². The maximum Gasteiger partial charge on any atom is 0.252 e. The van der Waals surface area contributed by atoms with Crippen LogP contribution in [0.1, 0.15) is 12.0 Å². The lowest BCUT2D eigenvalue weighted by atomic mass is 10.2. The van der Waals surface area contributed by atoms with Crippen molar-refractivity contribution in [3.63, 3.8) is 0 Å². The van der Waals surface area contributed by atoms with Crippen LogP contribution in [0.25, 0.3) is 16.3 Å². The minimum absolute atomic E-state index is 0. The highest BCUT2D eigenvalue weighted by Crippen LogP contribution is 2.31. The number of benzene rings is 2. The molecule has 0 unspecified atom stereocenters. The smallest absolute Gasteiger partial charge is 0.252 e. The maximum absolute atomic E-state index is 13.0. The molecule has 0 atom stereocenters. The van der Waals surface area contributed by atoms with Gasteiger partial charge in [-0.05, 0) is 63.0 Å². The summed E-state index contributed by atoms with van der Waals surface area (Å²) in [7, 11) is 4.03. The molecule has 1 heterocycles. The maximum atomic E-state index is 13.0. The predicted octanol–water partition coefficient (Wildman–Crippen LogP) is 6.02. The molecule has 154 valence electrons. The van der Waals surface area contributed by atoms with Crippen LogP contribution in [-0.2, 0) is 4.79 Å². The number of amides is 1. The molecular weight excluding hydrogens is 449 g/mol. The monoisotopic (exact) mass is 469 g/mol. The molecule has 4 nitrogen and oxygen atoms in total. The summed E-state index contributed by atoms with van der Waals surface area (Å²) in [4.78, 5) is 21.4. The zero-order valence-electron chi connectivity index (χ0n) is 16.1. The fourth-order valence-electron chi connectivity index (χ4n) is 2.71. The first kappa shape index (κ1) is 23.6. The van der Waals surface area contributed by atoms with Gasteiger partial charge in [0.15, 0.2) is 5.13 Å². The Hall–Kier alpha value is -1.63. The number of halogens is 3. The van der Waals surface area contributed by atoms with Crippen LogP contribution >= 0.6 is 46.9 Å². The number of fused-ring (bicyclic) bond motifs is 1. The van der Waals surface area contributed by atoms with Gasteiger partial charge >= 0.3 is 0 Å². The molecule has 1 aromatic heterocycles. The summed E-state index contributed by atoms with van der Waals surface area (Å²) in [5, 5.41) is 1.94. The third-order valence-electron chi connectivity index (χ3n) is 4.13. The molecule has 0 fully saturated rings. The van der Waals surface area contributed by atoms with Gasteiger partial charge in [-0.1, -0.05) is 52.7 Å². The predicted molar refractivity (Wildman–Crippen MR) is 128 cm³/mol. The Labute approximate surface area is 191 Å². The number of carbonyl (C=O) groups is 1. The first-order valence-corrected chi connectivity index (χ1v) is 10.5. The molecule has 0 saturated heterocycles. The summed E-state index contributed by atoms with van der Waals surface area (Å²) in [5.74, 6) is -0.121. The molecule has 0 radical (unpaired) electrons. The van der Waals surface area contributed by atoms with Crippen LogP contribution in [0, 0.1) is 0 Å². The van der Waals surface area contributed by atoms with Crippen LogP contribution in [0.2, 0.25) is 10.0 Å². The fraction of sp³-hybridized carbons (Fsp3) is 0.238. The SMILES string of the molecule is CN(C)CCCN(C(=O)C=Cc1ccccc1Cl)c1nc2ccc(Cl)cc2s1.Cl. The van der Waals surface area contributed by atoms with Crippen molar-refractivity contribution in [3.8, 4) is 0 Å². The Balaban J connectivity index is 0.00000300. The highest BCUT2D eigenvalue weighted by atomic mass is 35.5. The normalized spacial score (nSPS) is 11.2. The van der Waals surface area contributed by atoms with E-state index in [9.17, 15) is 4.79 Å². The van der Waals surface area contributed by atoms with Crippen LogP contribution < -0.4 is 4.90 Å². The van der Waals surface area contributed by atoms with Gasteiger partial charge in [0.05, 0.1) is 10.2 Å². The van der Waals surface area contributed by atoms with E-state index in [0.717, 1.165) is 28.7 Å². The van der Waals surface area contributed by atoms with Gasteiger partial charge in [-0.15, -0.1) is 12.4 Å². The standard InChI is InChI=1S/C21H21Cl2N3OS.ClH/c1-25(2)12-5-13-26(20(27)11-8-15-6-3-4-7-17(15)23)21-24-18-10-9-16(22)14-19(18)28-21;/h3-4,6-11,14H,5,12-13H2,1-2H3;1H. The zero-order valence-corrected chi connectivity index (χ0v) is 19.3. The van der Waals surface area contributed by atoms with Gasteiger partial charge in [-0.2, -0.15) is 0 Å². The van der Waals surface area contributed by atoms with Gasteiger partial charge in [-0.25, -0.2) is 4.98 Å². The molecule has 0 saturated carbocycles. The molecule has 1 amide bonds. The van der Waals surface area contributed by atoms with Gasteiger partial charge in [0.1, 0.15) is 0 Å². The van der Waals surface area contributed by atoms with E-state index < -0.39 is 0 Å². The molecule has 3 rings (SSSR count). The summed E-state index contributed by atoms with van der Waals surface area (Å²) in [5.41, 5.74) is 1.65. The van der Waals surface area contributed by atoms with E-state index in [0.29, 0.717) is 21.7 Å². The average molecular weight is 471 g/mol. The molecule has 2 aromatic carbocycles. The van der Waals surface area contributed by atoms with Crippen molar-refractivity contribution < 1.29 is 4.79 Å². The molecule has 29 heavy (non-hydrogen) atoms. The third-order valence-corrected chi connectivity index (χ3v) is 5.75. The Morgan fingerprint density at radius 2 is 1.90 bits per heavy atom. The Morgan fingerprint density at radius 1 is 1.14 bits per heavy atom. The molecule has 8 heteroatoms. The largest absolute Gasteiger partial charge is 0.309 e. The second-order valence-corrected chi connectivity index (χ2v) is 8.46. The van der Waals surface area contributed by atoms with E-state index in [1.54, 1.807) is 23.1 Å². The Bertz CT molecular complexity index is 1000. The minimum atomic E-state index is -0.121. The highest BCUT2D eigenvalue weighted by Gasteiger charge is 2.18. The summed E-state index contributed by atoms with van der Waals surface area (Å²) < 4.78 is 0.961. The molecule has 3 aromatic rings. The molecule has 0 N–H and O–H groups in total. The van der Waals surface area contributed by atoms with Gasteiger partial charge in [0, 0.05) is 22.7 Å². The van der Waals surface area contributed by atoms with Crippen molar-refractivity contribution in [3.05, 3.63) is 64.1 Å². The lowest BCUT2D eigenvalue weighted by molar-refractivity contribution is -0.114. The van der Waals surface area contributed by atoms with Crippen molar-refractivity contribution in [1.29, 1.82) is 0 Å². The quantitative estimate of drug-likeness (QED) is 0.396. The lowest BCUT2D eigenvalue weighted by Gasteiger charge is -2.19. The van der Waals surface area contributed by atoms with Gasteiger partial charge in [-0.3, -0.25) is 9.69 Å². The molecule has 0 aliphatic heterocycles. The number of hydrogen-bond acceptors (Lipinski definition) is 4. The zero-order chi connectivity index (χ0) is 20.1. The molecule has 0 aliphatic rings. The lowest BCUT2D eigenvalue weighted by Crippen LogP contribution is -2.32. The molecular formula is C21H22Cl3N3OS.